The number of nitrogen functional groups attached to an aromatic ring is 2. The number of carbonyl (C=O) groups is 4. The number of nitrogens with two attached hydrogens (primary N) is 2. The van der Waals surface area contributed by atoms with Crippen molar-refractivity contribution in [1.29, 1.82) is 0 Å². The van der Waals surface area contributed by atoms with Crippen molar-refractivity contribution in [1.82, 2.24) is 29.9 Å². The van der Waals surface area contributed by atoms with Gasteiger partial charge in [-0.25, -0.2) is 9.36 Å². The quantitative estimate of drug-likeness (QED) is 0.0478. The maximum Gasteiger partial charge on any atom is 0.489 e. The van der Waals surface area contributed by atoms with Gasteiger partial charge in [0.15, 0.2) is 40.5 Å². The van der Waals surface area contributed by atoms with Gasteiger partial charge in [-0.3, -0.25) is 19.2 Å². The molecule has 0 atom stereocenters. The van der Waals surface area contributed by atoms with Crippen molar-refractivity contribution in [3.8, 4) is 22.5 Å². The predicted molar refractivity (Wildman–Crippen MR) is 303 cm³/mol. The summed E-state index contributed by atoms with van der Waals surface area (Å²) < 4.78 is 96.1. The van der Waals surface area contributed by atoms with Crippen molar-refractivity contribution in [2.45, 2.75) is 40.0 Å². The topological polar surface area (TPSA) is 255 Å². The van der Waals surface area contributed by atoms with Gasteiger partial charge < -0.3 is 40.4 Å². The van der Waals surface area contributed by atoms with Crippen LogP contribution in [0.25, 0.3) is 44.4 Å². The summed E-state index contributed by atoms with van der Waals surface area (Å²) in [6, 6.07) is 36.6. The van der Waals surface area contributed by atoms with E-state index < -0.39 is 42.7 Å². The second kappa shape index (κ2) is 23.5. The van der Waals surface area contributed by atoms with E-state index >= 15 is 0 Å². The number of hydrogen-bond acceptors (Lipinski definition) is 14. The number of carbonyl (C=O) groups excluding carboxylic acids is 4. The summed E-state index contributed by atoms with van der Waals surface area (Å²) >= 11 is 2.14. The molecule has 2 aliphatic heterocycles. The summed E-state index contributed by atoms with van der Waals surface area (Å²) in [4.78, 5) is 51.6. The zero-order valence-electron chi connectivity index (χ0n) is 41.0. The van der Waals surface area contributed by atoms with Gasteiger partial charge in [0.2, 0.25) is 0 Å². The molecular weight excluding hydrogens is 1190 g/mol. The number of benzene rings is 6. The summed E-state index contributed by atoms with van der Waals surface area (Å²) in [5.41, 5.74) is 13.8. The van der Waals surface area contributed by atoms with Crippen LogP contribution in [0.3, 0.4) is 0 Å². The Morgan fingerprint density at radius 2 is 0.988 bits per heavy atom. The summed E-state index contributed by atoms with van der Waals surface area (Å²) in [6.07, 6.45) is -8.09. The molecule has 18 nitrogen and oxygen atoms in total. The van der Waals surface area contributed by atoms with E-state index in [1.165, 1.54) is 58.3 Å². The van der Waals surface area contributed by atoms with Crippen molar-refractivity contribution >= 4 is 105 Å². The third-order valence-corrected chi connectivity index (χ3v) is 13.9. The first-order valence-electron chi connectivity index (χ1n) is 23.9. The molecule has 420 valence electrons. The lowest BCUT2D eigenvalue weighted by Gasteiger charge is -2.28. The standard InChI is InChI=1S/C27H18F3N5O3.C20H13F3IN5O2.C7H7BO3.2CH4/c28-27(29,30)24-20-11-12-34(17-7-5-15(6-8-17)19-4-2-1-3-16(19)14-36)26(37)23(20)35(32-24)18-9-10-22-21(13-18)25(31)33-38-22;21-20(22,23)17-13-7-8-28(11-3-1-10(24)2-4-11)19(30)16(13)29(26-17)12-5-6-15-14(9-12)18(25)27-31-15;9-5-6-3-1-2-4-7(6)8(10)11;;/h1-10,13-14H,11-12H2,(H2,31,33);1-6,9H,7-8H2,(H2,25,27);1-5,10-11H;2*1H4. The molecule has 0 saturated carbocycles. The average Bonchev–Trinajstić information content (AvgIpc) is 4.30. The van der Waals surface area contributed by atoms with Gasteiger partial charge in [-0.05, 0) is 125 Å². The van der Waals surface area contributed by atoms with Gasteiger partial charge in [-0.1, -0.05) is 85.8 Å². The Morgan fingerprint density at radius 1 is 0.573 bits per heavy atom. The van der Waals surface area contributed by atoms with Crippen LogP contribution in [-0.2, 0) is 25.2 Å². The molecule has 0 bridgehead atoms. The Bertz CT molecular complexity index is 4030. The monoisotopic (exact) mass is 1240 g/mol. The number of aromatic nitrogens is 6. The van der Waals surface area contributed by atoms with Crippen molar-refractivity contribution in [3.63, 3.8) is 0 Å². The van der Waals surface area contributed by atoms with Gasteiger partial charge in [-0.2, -0.15) is 36.5 Å². The Balaban J connectivity index is 0.000000180. The molecule has 6 aromatic carbocycles. The summed E-state index contributed by atoms with van der Waals surface area (Å²) in [5, 5.41) is 33.2. The number of halogens is 7. The molecule has 0 fully saturated rings. The minimum atomic E-state index is -4.74. The first-order valence-corrected chi connectivity index (χ1v) is 25.0. The molecule has 6 heterocycles. The third-order valence-electron chi connectivity index (χ3n) is 13.1. The molecule has 2 aliphatic rings. The Hall–Kier alpha value is -9.15. The van der Waals surface area contributed by atoms with Crippen LogP contribution in [0.4, 0.5) is 49.4 Å². The number of fused-ring (bicyclic) bond motifs is 4. The Morgan fingerprint density at radius 3 is 1.41 bits per heavy atom. The van der Waals surface area contributed by atoms with Crippen LogP contribution in [0.5, 0.6) is 0 Å². The van der Waals surface area contributed by atoms with Crippen LogP contribution in [0.15, 0.2) is 143 Å². The van der Waals surface area contributed by atoms with Gasteiger partial charge in [0, 0.05) is 50.3 Å². The molecule has 2 amide bonds. The van der Waals surface area contributed by atoms with E-state index in [0.717, 1.165) is 30.3 Å². The normalized spacial score (nSPS) is 13.0. The predicted octanol–water partition coefficient (Wildman–Crippen LogP) is 10.2. The maximum absolute atomic E-state index is 13.9. The molecule has 82 heavy (non-hydrogen) atoms. The molecule has 10 aromatic rings. The average molecular weight is 1240 g/mol. The van der Waals surface area contributed by atoms with Crippen LogP contribution in [0.1, 0.15) is 79.1 Å². The van der Waals surface area contributed by atoms with Crippen molar-refractivity contribution in [3.05, 3.63) is 182 Å². The largest absolute Gasteiger partial charge is 0.489 e. The van der Waals surface area contributed by atoms with Gasteiger partial charge >= 0.3 is 19.5 Å². The number of rotatable bonds is 8. The molecule has 0 unspecified atom stereocenters. The summed E-state index contributed by atoms with van der Waals surface area (Å²) in [6.45, 7) is 0.168. The number of amides is 2. The smallest absolute Gasteiger partial charge is 0.423 e. The number of nitrogens with zero attached hydrogens (tertiary/aromatic N) is 8. The third kappa shape index (κ3) is 11.3. The zero-order valence-corrected chi connectivity index (χ0v) is 43.1. The van der Waals surface area contributed by atoms with Crippen LogP contribution < -0.4 is 26.7 Å². The van der Waals surface area contributed by atoms with E-state index in [9.17, 15) is 45.5 Å². The lowest BCUT2D eigenvalue weighted by Crippen LogP contribution is -2.39. The lowest BCUT2D eigenvalue weighted by atomic mass is 9.77. The van der Waals surface area contributed by atoms with E-state index in [4.69, 9.17) is 30.6 Å². The zero-order chi connectivity index (χ0) is 56.8. The number of hydrogen-bond donors (Lipinski definition) is 4. The second-order valence-electron chi connectivity index (χ2n) is 17.9. The molecule has 0 aliphatic carbocycles. The molecule has 26 heteroatoms. The highest BCUT2D eigenvalue weighted by atomic mass is 127. The fraction of sp³-hybridized carbons (Fsp3) is 0.143. The van der Waals surface area contributed by atoms with E-state index in [2.05, 4.69) is 43.1 Å². The van der Waals surface area contributed by atoms with E-state index in [-0.39, 0.29) is 91.8 Å². The van der Waals surface area contributed by atoms with Gasteiger partial charge in [0.1, 0.15) is 17.7 Å². The number of anilines is 4. The van der Waals surface area contributed by atoms with Crippen LogP contribution >= 0.6 is 22.6 Å². The fourth-order valence-corrected chi connectivity index (χ4v) is 9.71. The highest BCUT2D eigenvalue weighted by Gasteiger charge is 2.45. The highest BCUT2D eigenvalue weighted by Crippen LogP contribution is 2.40. The second-order valence-corrected chi connectivity index (χ2v) is 19.2. The first kappa shape index (κ1) is 59.0. The molecule has 6 N–H and O–H groups in total. The van der Waals surface area contributed by atoms with Crippen molar-refractivity contribution in [2.75, 3.05) is 34.4 Å². The maximum atomic E-state index is 13.9. The molecule has 0 spiro atoms. The van der Waals surface area contributed by atoms with Gasteiger partial charge in [-0.15, -0.1) is 0 Å². The first-order chi connectivity index (χ1) is 38.2. The van der Waals surface area contributed by atoms with E-state index in [1.54, 1.807) is 60.7 Å². The number of aldehydes is 2. The molecule has 4 aromatic heterocycles. The minimum Gasteiger partial charge on any atom is -0.423 e. The highest BCUT2D eigenvalue weighted by molar-refractivity contribution is 14.1. The molecule has 0 saturated heterocycles. The minimum absolute atomic E-state index is 0. The number of alkyl halides is 6. The van der Waals surface area contributed by atoms with Gasteiger partial charge in [0.05, 0.1) is 22.1 Å². The summed E-state index contributed by atoms with van der Waals surface area (Å²) in [7, 11) is -1.57. The van der Waals surface area contributed by atoms with Crippen molar-refractivity contribution < 1.29 is 64.6 Å². The van der Waals surface area contributed by atoms with Crippen LogP contribution in [0.2, 0.25) is 0 Å². The van der Waals surface area contributed by atoms with Crippen molar-refractivity contribution in [2.24, 2.45) is 0 Å². The van der Waals surface area contributed by atoms with E-state index in [0.29, 0.717) is 50.7 Å². The molecule has 12 rings (SSSR count). The van der Waals surface area contributed by atoms with Crippen LogP contribution in [-0.4, -0.2) is 84.5 Å². The van der Waals surface area contributed by atoms with Gasteiger partial charge in [0.25, 0.3) is 11.8 Å². The molecular formula is C56H46BF6IN10O8. The SMILES string of the molecule is C.C.Nc1noc2ccc(-n3nc(C(F)(F)F)c4c3C(=O)N(c3ccc(-c5ccccc5C=O)cc3)CC4)cc12.Nc1noc2ccc(-n3nc(C(F)(F)F)c4c3C(=O)N(c3ccc(I)cc3)CC4)cc12.O=Cc1ccccc1B(O)O. The molecule has 0 radical (unpaired) electrons. The summed E-state index contributed by atoms with van der Waals surface area (Å²) in [5.74, 6) is -0.999. The fourth-order valence-electron chi connectivity index (χ4n) is 9.35. The lowest BCUT2D eigenvalue weighted by molar-refractivity contribution is -0.142. The van der Waals surface area contributed by atoms with E-state index in [1.807, 2.05) is 24.3 Å². The Labute approximate surface area is 475 Å². The Kier molecular flexibility index (Phi) is 16.9. The van der Waals surface area contributed by atoms with Crippen LogP contribution in [0, 0.1) is 3.57 Å².